The third-order valence-corrected chi connectivity index (χ3v) is 7.14. The lowest BCUT2D eigenvalue weighted by atomic mass is 9.74. The van der Waals surface area contributed by atoms with Crippen molar-refractivity contribution >= 4 is 23.2 Å². The molecule has 2 saturated carbocycles. The summed E-state index contributed by atoms with van der Waals surface area (Å²) in [6.07, 6.45) is 3.45. The molecule has 1 aromatic heterocycles. The Balaban J connectivity index is 1.26. The van der Waals surface area contributed by atoms with Gasteiger partial charge in [0.25, 0.3) is 0 Å². The van der Waals surface area contributed by atoms with E-state index in [2.05, 4.69) is 22.4 Å². The van der Waals surface area contributed by atoms with Gasteiger partial charge >= 0.3 is 0 Å². The van der Waals surface area contributed by atoms with Gasteiger partial charge in [0.2, 0.25) is 11.8 Å². The first kappa shape index (κ1) is 17.1. The second-order valence-corrected chi connectivity index (χ2v) is 8.75. The minimum atomic E-state index is -0.0185. The van der Waals surface area contributed by atoms with E-state index in [1.165, 1.54) is 5.56 Å². The summed E-state index contributed by atoms with van der Waals surface area (Å²) in [6.45, 7) is 4.05. The topological polar surface area (TPSA) is 51.2 Å². The number of ether oxygens (including phenoxy) is 1. The lowest BCUT2D eigenvalue weighted by molar-refractivity contribution is -0.121. The molecule has 27 heavy (non-hydrogen) atoms. The number of benzene rings is 1. The molecular weight excluding hydrogens is 360 g/mol. The van der Waals surface area contributed by atoms with Crippen molar-refractivity contribution in [1.82, 2.24) is 4.98 Å². The summed E-state index contributed by atoms with van der Waals surface area (Å²) in [7, 11) is 0. The number of aryl methyl sites for hydroxylation is 1. The van der Waals surface area contributed by atoms with Gasteiger partial charge in [-0.15, -0.1) is 0 Å². The molecule has 1 aromatic carbocycles. The molecule has 1 amide bonds. The van der Waals surface area contributed by atoms with Gasteiger partial charge in [-0.1, -0.05) is 24.6 Å². The smallest absolute Gasteiger partial charge is 0.227 e. The third-order valence-electron chi connectivity index (χ3n) is 6.88. The highest BCUT2D eigenvalue weighted by atomic mass is 35.5. The van der Waals surface area contributed by atoms with Crippen molar-refractivity contribution in [2.75, 3.05) is 5.32 Å². The van der Waals surface area contributed by atoms with E-state index in [1.807, 2.05) is 26.0 Å². The number of halogens is 1. The van der Waals surface area contributed by atoms with Crippen LogP contribution in [0.5, 0.6) is 5.88 Å². The van der Waals surface area contributed by atoms with E-state index in [0.29, 0.717) is 16.9 Å². The first-order valence-corrected chi connectivity index (χ1v) is 10.1. The van der Waals surface area contributed by atoms with Crippen molar-refractivity contribution in [3.8, 4) is 5.88 Å². The van der Waals surface area contributed by atoms with Gasteiger partial charge in [0.05, 0.1) is 0 Å². The van der Waals surface area contributed by atoms with Crippen molar-refractivity contribution in [2.24, 2.45) is 17.8 Å². The Hall–Kier alpha value is -2.07. The number of aromatic nitrogens is 1. The molecular formula is C22H23ClN2O2. The average molecular weight is 383 g/mol. The highest BCUT2D eigenvalue weighted by molar-refractivity contribution is 6.30. The maximum absolute atomic E-state index is 12.7. The molecule has 2 aromatic rings. The normalized spacial score (nSPS) is 31.1. The molecule has 2 heterocycles. The Bertz CT molecular complexity index is 913. The molecule has 5 rings (SSSR count). The summed E-state index contributed by atoms with van der Waals surface area (Å²) in [5.41, 5.74) is 3.26. The van der Waals surface area contributed by atoms with Gasteiger partial charge in [0, 0.05) is 39.2 Å². The Morgan fingerprint density at radius 1 is 1.30 bits per heavy atom. The average Bonchev–Trinajstić information content (AvgIpc) is 3.18. The fourth-order valence-corrected chi connectivity index (χ4v) is 5.37. The molecule has 3 aliphatic rings. The predicted molar refractivity (Wildman–Crippen MR) is 105 cm³/mol. The van der Waals surface area contributed by atoms with E-state index >= 15 is 0 Å². The zero-order valence-electron chi connectivity index (χ0n) is 15.5. The lowest BCUT2D eigenvalue weighted by Crippen LogP contribution is -2.31. The molecule has 1 N–H and O–H groups in total. The highest BCUT2D eigenvalue weighted by Gasteiger charge is 2.73. The van der Waals surface area contributed by atoms with E-state index in [9.17, 15) is 4.79 Å². The van der Waals surface area contributed by atoms with E-state index in [4.69, 9.17) is 16.3 Å². The summed E-state index contributed by atoms with van der Waals surface area (Å²) in [6, 6.07) is 11.6. The number of anilines is 1. The van der Waals surface area contributed by atoms with Crippen LogP contribution in [0.25, 0.3) is 0 Å². The quantitative estimate of drug-likeness (QED) is 0.833. The van der Waals surface area contributed by atoms with Crippen LogP contribution in [0.2, 0.25) is 5.02 Å². The van der Waals surface area contributed by atoms with Crippen molar-refractivity contribution in [2.45, 2.75) is 44.6 Å². The summed E-state index contributed by atoms with van der Waals surface area (Å²) in [5.74, 6) is 1.82. The minimum absolute atomic E-state index is 0.0185. The Labute approximate surface area is 164 Å². The van der Waals surface area contributed by atoms with Crippen LogP contribution in [0.15, 0.2) is 36.4 Å². The lowest BCUT2D eigenvalue weighted by Gasteiger charge is -2.30. The molecule has 2 aliphatic carbocycles. The molecule has 0 saturated heterocycles. The zero-order chi connectivity index (χ0) is 18.8. The number of rotatable bonds is 3. The first-order chi connectivity index (χ1) is 13.0. The van der Waals surface area contributed by atoms with Crippen LogP contribution in [0.1, 0.15) is 37.4 Å². The maximum atomic E-state index is 12.7. The monoisotopic (exact) mass is 382 g/mol. The van der Waals surface area contributed by atoms with Crippen LogP contribution in [-0.2, 0) is 10.2 Å². The van der Waals surface area contributed by atoms with Gasteiger partial charge in [0.15, 0.2) is 0 Å². The van der Waals surface area contributed by atoms with Crippen LogP contribution >= 0.6 is 11.6 Å². The van der Waals surface area contributed by atoms with Crippen molar-refractivity contribution in [3.05, 3.63) is 52.7 Å². The van der Waals surface area contributed by atoms with Crippen molar-refractivity contribution < 1.29 is 9.53 Å². The number of nitrogens with one attached hydrogen (secondary N) is 1. The van der Waals surface area contributed by atoms with Crippen LogP contribution in [0.3, 0.4) is 0 Å². The number of pyridine rings is 1. The standard InChI is InChI=1S/C22H23ClN2O2/c1-12-3-8-17-21(24-12)27-19-18-11-14(9-10-22(17,18)19)13(2)20(26)25-16-6-4-15(23)5-7-16/h3-8,13-14,18-19H,9-11H2,1-2H3,(H,25,26)/t13-,14-,18?,19?,22+/m1/s1. The van der Waals surface area contributed by atoms with Crippen LogP contribution < -0.4 is 10.1 Å². The number of carbonyl (C=O) groups is 1. The largest absolute Gasteiger partial charge is 0.473 e. The minimum Gasteiger partial charge on any atom is -0.473 e. The van der Waals surface area contributed by atoms with Gasteiger partial charge in [-0.05, 0) is 62.4 Å². The number of hydrogen-bond acceptors (Lipinski definition) is 3. The fourth-order valence-electron chi connectivity index (χ4n) is 5.24. The highest BCUT2D eigenvalue weighted by Crippen LogP contribution is 2.70. The second-order valence-electron chi connectivity index (χ2n) is 8.31. The molecule has 5 atom stereocenters. The number of fused-ring (bicyclic) bond motifs is 2. The summed E-state index contributed by atoms with van der Waals surface area (Å²) in [4.78, 5) is 17.3. The molecule has 0 radical (unpaired) electrons. The van der Waals surface area contributed by atoms with Crippen LogP contribution in [0, 0.1) is 24.7 Å². The molecule has 1 spiro atoms. The molecule has 1 aliphatic heterocycles. The first-order valence-electron chi connectivity index (χ1n) is 9.70. The third kappa shape index (κ3) is 2.57. The van der Waals surface area contributed by atoms with Gasteiger partial charge in [-0.25, -0.2) is 4.98 Å². The molecule has 0 bridgehead atoms. The predicted octanol–water partition coefficient (Wildman–Crippen LogP) is 4.75. The summed E-state index contributed by atoms with van der Waals surface area (Å²) >= 11 is 5.91. The molecule has 2 unspecified atom stereocenters. The zero-order valence-corrected chi connectivity index (χ0v) is 16.3. The second kappa shape index (κ2) is 5.96. The van der Waals surface area contributed by atoms with E-state index < -0.39 is 0 Å². The fraction of sp³-hybridized carbons (Fsp3) is 0.455. The van der Waals surface area contributed by atoms with E-state index in [-0.39, 0.29) is 23.3 Å². The molecule has 2 fully saturated rings. The van der Waals surface area contributed by atoms with Gasteiger partial charge in [-0.3, -0.25) is 4.79 Å². The molecule has 5 heteroatoms. The Kier molecular flexibility index (Phi) is 3.77. The Morgan fingerprint density at radius 3 is 2.85 bits per heavy atom. The number of carbonyl (C=O) groups excluding carboxylic acids is 1. The summed E-state index contributed by atoms with van der Waals surface area (Å²) in [5, 5.41) is 3.70. The van der Waals surface area contributed by atoms with Crippen LogP contribution in [-0.4, -0.2) is 17.0 Å². The van der Waals surface area contributed by atoms with Gasteiger partial charge < -0.3 is 10.1 Å². The summed E-state index contributed by atoms with van der Waals surface area (Å²) < 4.78 is 6.17. The SMILES string of the molecule is Cc1ccc2c(n1)OC1C3C[C@H]([C@@H](C)C(=O)Nc4ccc(Cl)cc4)CC[C@]231. The number of hydrogen-bond donors (Lipinski definition) is 1. The Morgan fingerprint density at radius 2 is 2.07 bits per heavy atom. The van der Waals surface area contributed by atoms with E-state index in [1.54, 1.807) is 12.1 Å². The maximum Gasteiger partial charge on any atom is 0.227 e. The van der Waals surface area contributed by atoms with Crippen molar-refractivity contribution in [3.63, 3.8) is 0 Å². The van der Waals surface area contributed by atoms with Crippen LogP contribution in [0.4, 0.5) is 5.69 Å². The molecule has 140 valence electrons. The van der Waals surface area contributed by atoms with E-state index in [0.717, 1.165) is 36.5 Å². The van der Waals surface area contributed by atoms with Crippen molar-refractivity contribution in [1.29, 1.82) is 0 Å². The number of amides is 1. The molecule has 4 nitrogen and oxygen atoms in total. The van der Waals surface area contributed by atoms with Gasteiger partial charge in [-0.2, -0.15) is 0 Å². The van der Waals surface area contributed by atoms with Gasteiger partial charge in [0.1, 0.15) is 6.10 Å². The number of nitrogens with zero attached hydrogens (tertiary/aromatic N) is 1.